The van der Waals surface area contributed by atoms with E-state index in [2.05, 4.69) is 19.7 Å². The van der Waals surface area contributed by atoms with Gasteiger partial charge < -0.3 is 0 Å². The van der Waals surface area contributed by atoms with E-state index in [1.165, 1.54) is 18.2 Å². The smallest absolute Gasteiger partial charge is 0.258 e. The van der Waals surface area contributed by atoms with Crippen molar-refractivity contribution in [2.45, 2.75) is 0 Å². The average Bonchev–Trinajstić information content (AvgIpc) is 1.99. The summed E-state index contributed by atoms with van der Waals surface area (Å²) in [6, 6.07) is 0. The zero-order chi connectivity index (χ0) is 8.85. The summed E-state index contributed by atoms with van der Waals surface area (Å²) in [5.74, 6) is 0. The van der Waals surface area contributed by atoms with Crippen molar-refractivity contribution >= 4 is 0 Å². The van der Waals surface area contributed by atoms with E-state index in [9.17, 15) is 10.1 Å². The predicted molar refractivity (Wildman–Crippen MR) is 44.6 cm³/mol. The van der Waals surface area contributed by atoms with Gasteiger partial charge in [-0.15, -0.1) is 0 Å². The van der Waals surface area contributed by atoms with Gasteiger partial charge in [0.1, 0.15) is 0 Å². The molecule has 0 rings (SSSR count). The number of rotatable bonds is 4. The molecule has 0 aliphatic heterocycles. The first-order valence-corrected chi connectivity index (χ1v) is 2.91. The van der Waals surface area contributed by atoms with Crippen LogP contribution >= 0.6 is 0 Å². The zero-order valence-electron chi connectivity index (χ0n) is 6.12. The first-order chi connectivity index (χ1) is 5.11. The van der Waals surface area contributed by atoms with Crippen molar-refractivity contribution in [1.29, 1.82) is 0 Å². The largest absolute Gasteiger partial charge is 0.262 e. The third-order valence-electron chi connectivity index (χ3n) is 1.04. The fourth-order valence-corrected chi connectivity index (χ4v) is 0.446. The van der Waals surface area contributed by atoms with Crippen molar-refractivity contribution in [3.63, 3.8) is 0 Å². The first kappa shape index (κ1) is 9.36. The molecule has 0 unspecified atom stereocenters. The molecular weight excluding hydrogens is 142 g/mol. The van der Waals surface area contributed by atoms with Crippen LogP contribution in [0.4, 0.5) is 0 Å². The lowest BCUT2D eigenvalue weighted by Crippen LogP contribution is -1.93. The normalized spacial score (nSPS) is 8.00. The minimum Gasteiger partial charge on any atom is -0.258 e. The Morgan fingerprint density at radius 1 is 1.36 bits per heavy atom. The molecule has 0 fully saturated rings. The molecule has 0 amide bonds. The highest BCUT2D eigenvalue weighted by Crippen LogP contribution is 2.02. The highest BCUT2D eigenvalue weighted by molar-refractivity contribution is 5.32. The third-order valence-corrected chi connectivity index (χ3v) is 1.04. The molecule has 58 valence electrons. The highest BCUT2D eigenvalue weighted by Gasteiger charge is 2.00. The van der Waals surface area contributed by atoms with Crippen LogP contribution in [0.1, 0.15) is 0 Å². The van der Waals surface area contributed by atoms with Crippen LogP contribution < -0.4 is 0 Å². The maximum Gasteiger partial charge on any atom is 0.262 e. The number of hydrogen-bond acceptors (Lipinski definition) is 2. The van der Waals surface area contributed by atoms with Crippen LogP contribution in [-0.4, -0.2) is 4.92 Å². The summed E-state index contributed by atoms with van der Waals surface area (Å²) < 4.78 is 0. The van der Waals surface area contributed by atoms with Crippen LogP contribution in [0.15, 0.2) is 49.2 Å². The Hall–Kier alpha value is -1.64. The number of nitrogens with zero attached hydrogens (tertiary/aromatic N) is 1. The highest BCUT2D eigenvalue weighted by atomic mass is 16.6. The molecule has 0 aromatic carbocycles. The molecular formula is C8H9NO2. The van der Waals surface area contributed by atoms with Crippen LogP contribution in [0, 0.1) is 10.1 Å². The zero-order valence-corrected chi connectivity index (χ0v) is 6.12. The lowest BCUT2D eigenvalue weighted by atomic mass is 10.2. The maximum atomic E-state index is 10.1. The molecule has 0 aliphatic rings. The summed E-state index contributed by atoms with van der Waals surface area (Å²) in [6.45, 7) is 10.1. The molecule has 3 heteroatoms. The summed E-state index contributed by atoms with van der Waals surface area (Å²) in [6.07, 6.45) is 4.25. The Kier molecular flexibility index (Phi) is 3.59. The first-order valence-electron chi connectivity index (χ1n) is 2.91. The van der Waals surface area contributed by atoms with Gasteiger partial charge in [-0.25, -0.2) is 0 Å². The number of hydrogen-bond donors (Lipinski definition) is 0. The standard InChI is InChI=1S/C8H9NO2/c1-4-8(5-2)6-7(3)9(10)11/h4-6H,1-3H2. The van der Waals surface area contributed by atoms with Crippen molar-refractivity contribution in [3.05, 3.63) is 59.3 Å². The fraction of sp³-hybridized carbons (Fsp3) is 0. The van der Waals surface area contributed by atoms with E-state index in [4.69, 9.17) is 0 Å². The van der Waals surface area contributed by atoms with Crippen molar-refractivity contribution in [2.24, 2.45) is 0 Å². The lowest BCUT2D eigenvalue weighted by molar-refractivity contribution is -0.418. The molecule has 0 heterocycles. The lowest BCUT2D eigenvalue weighted by Gasteiger charge is -1.90. The van der Waals surface area contributed by atoms with Crippen molar-refractivity contribution in [3.8, 4) is 0 Å². The Bertz CT molecular complexity index is 228. The Morgan fingerprint density at radius 2 is 1.82 bits per heavy atom. The van der Waals surface area contributed by atoms with E-state index in [0.29, 0.717) is 5.57 Å². The van der Waals surface area contributed by atoms with Crippen LogP contribution in [0.2, 0.25) is 0 Å². The van der Waals surface area contributed by atoms with E-state index in [-0.39, 0.29) is 5.70 Å². The summed E-state index contributed by atoms with van der Waals surface area (Å²) in [4.78, 5) is 9.50. The average molecular weight is 151 g/mol. The van der Waals surface area contributed by atoms with E-state index < -0.39 is 4.92 Å². The molecule has 0 aliphatic carbocycles. The topological polar surface area (TPSA) is 43.1 Å². The van der Waals surface area contributed by atoms with Crippen molar-refractivity contribution in [1.82, 2.24) is 0 Å². The van der Waals surface area contributed by atoms with Gasteiger partial charge in [-0.2, -0.15) is 0 Å². The molecule has 0 N–H and O–H groups in total. The van der Waals surface area contributed by atoms with Crippen LogP contribution in [-0.2, 0) is 0 Å². The second kappa shape index (κ2) is 4.22. The Labute approximate surface area is 65.2 Å². The van der Waals surface area contributed by atoms with Crippen molar-refractivity contribution in [2.75, 3.05) is 0 Å². The van der Waals surface area contributed by atoms with Gasteiger partial charge in [0.05, 0.1) is 4.92 Å². The van der Waals surface area contributed by atoms with Gasteiger partial charge in [-0.3, -0.25) is 10.1 Å². The Morgan fingerprint density at radius 3 is 2.09 bits per heavy atom. The van der Waals surface area contributed by atoms with Gasteiger partial charge in [-0.1, -0.05) is 25.3 Å². The minimum absolute atomic E-state index is 0.167. The minimum atomic E-state index is -0.562. The molecule has 11 heavy (non-hydrogen) atoms. The second-order valence-corrected chi connectivity index (χ2v) is 1.80. The maximum absolute atomic E-state index is 10.1. The molecule has 0 saturated heterocycles. The monoisotopic (exact) mass is 151 g/mol. The molecule has 0 aromatic heterocycles. The predicted octanol–water partition coefficient (Wildman–Crippen LogP) is 2.08. The van der Waals surface area contributed by atoms with E-state index in [1.807, 2.05) is 0 Å². The molecule has 0 aromatic rings. The molecule has 0 saturated carbocycles. The SMILES string of the molecule is C=CC(C=C)=CC(=C)[N+](=O)[O-]. The molecule has 0 bridgehead atoms. The van der Waals surface area contributed by atoms with E-state index in [0.717, 1.165) is 0 Å². The summed E-state index contributed by atoms with van der Waals surface area (Å²) in [7, 11) is 0. The van der Waals surface area contributed by atoms with Gasteiger partial charge in [0, 0.05) is 6.08 Å². The van der Waals surface area contributed by atoms with Gasteiger partial charge in [0.25, 0.3) is 5.70 Å². The fourth-order valence-electron chi connectivity index (χ4n) is 0.446. The molecule has 0 spiro atoms. The molecule has 0 atom stereocenters. The number of allylic oxidation sites excluding steroid dienone is 4. The summed E-state index contributed by atoms with van der Waals surface area (Å²) in [5.41, 5.74) is 0.423. The van der Waals surface area contributed by atoms with Gasteiger partial charge in [0.15, 0.2) is 0 Å². The number of nitro groups is 1. The van der Waals surface area contributed by atoms with Gasteiger partial charge in [0.2, 0.25) is 0 Å². The van der Waals surface area contributed by atoms with Crippen LogP contribution in [0.25, 0.3) is 0 Å². The van der Waals surface area contributed by atoms with E-state index in [1.54, 1.807) is 0 Å². The summed E-state index contributed by atoms with van der Waals surface area (Å²) >= 11 is 0. The van der Waals surface area contributed by atoms with Crippen LogP contribution in [0.3, 0.4) is 0 Å². The van der Waals surface area contributed by atoms with Gasteiger partial charge in [-0.05, 0) is 12.2 Å². The van der Waals surface area contributed by atoms with Crippen molar-refractivity contribution < 1.29 is 4.92 Å². The summed E-state index contributed by atoms with van der Waals surface area (Å²) in [5, 5.41) is 10.1. The van der Waals surface area contributed by atoms with Gasteiger partial charge >= 0.3 is 0 Å². The molecule has 3 nitrogen and oxygen atoms in total. The third kappa shape index (κ3) is 3.15. The van der Waals surface area contributed by atoms with E-state index >= 15 is 0 Å². The Balaban J connectivity index is 4.51. The van der Waals surface area contributed by atoms with Crippen LogP contribution in [0.5, 0.6) is 0 Å². The molecule has 0 radical (unpaired) electrons. The quantitative estimate of drug-likeness (QED) is 0.350. The second-order valence-electron chi connectivity index (χ2n) is 1.80.